The minimum atomic E-state index is -0.124. The van der Waals surface area contributed by atoms with Crippen molar-refractivity contribution in [1.29, 1.82) is 0 Å². The van der Waals surface area contributed by atoms with Crippen LogP contribution < -0.4 is 0 Å². The molecule has 3 heteroatoms. The minimum Gasteiger partial charge on any atom is -0.278 e. The van der Waals surface area contributed by atoms with Gasteiger partial charge in [0.25, 0.3) is 0 Å². The first-order valence-corrected chi connectivity index (χ1v) is 14.6. The normalized spacial score (nSPS) is 19.4. The van der Waals surface area contributed by atoms with Crippen LogP contribution in [-0.2, 0) is 16.2 Å². The van der Waals surface area contributed by atoms with Crippen molar-refractivity contribution in [2.75, 3.05) is 0 Å². The Kier molecular flexibility index (Phi) is 6.64. The molecule has 0 spiro atoms. The summed E-state index contributed by atoms with van der Waals surface area (Å²) < 4.78 is 2.39. The van der Waals surface area contributed by atoms with Crippen LogP contribution >= 0.6 is 0 Å². The predicted octanol–water partition coefficient (Wildman–Crippen LogP) is 9.50. The van der Waals surface area contributed by atoms with E-state index < -0.39 is 0 Å². The molecule has 0 N–H and O–H groups in total. The van der Waals surface area contributed by atoms with Crippen molar-refractivity contribution in [3.05, 3.63) is 88.7 Å². The number of nitrogens with zero attached hydrogens (tertiary/aromatic N) is 3. The maximum Gasteiger partial charge on any atom is 0.168 e. The van der Waals surface area contributed by atoms with Crippen LogP contribution in [0.4, 0.5) is 0 Å². The number of benzene rings is 3. The molecule has 0 saturated heterocycles. The second-order valence-electron chi connectivity index (χ2n) is 13.8. The van der Waals surface area contributed by atoms with Gasteiger partial charge in [0.1, 0.15) is 5.82 Å². The fraction of sp³-hybridized carbons (Fsp3) is 0.444. The zero-order valence-electron chi connectivity index (χ0n) is 25.6. The van der Waals surface area contributed by atoms with Crippen molar-refractivity contribution >= 4 is 0 Å². The van der Waals surface area contributed by atoms with Gasteiger partial charge in [0, 0.05) is 11.0 Å². The smallest absolute Gasteiger partial charge is 0.168 e. The molecule has 1 aliphatic rings. The first-order valence-electron chi connectivity index (χ1n) is 14.6. The average molecular weight is 520 g/mol. The summed E-state index contributed by atoms with van der Waals surface area (Å²) in [5.41, 5.74) is 10.2. The molecule has 204 valence electrons. The number of aromatic nitrogens is 3. The van der Waals surface area contributed by atoms with Crippen molar-refractivity contribution in [3.63, 3.8) is 0 Å². The minimum absolute atomic E-state index is 0.0868. The van der Waals surface area contributed by atoms with Crippen LogP contribution in [0.2, 0.25) is 0 Å². The zero-order valence-corrected chi connectivity index (χ0v) is 25.6. The molecular weight excluding hydrogens is 474 g/mol. The van der Waals surface area contributed by atoms with Gasteiger partial charge in [-0.25, -0.2) is 0 Å². The van der Waals surface area contributed by atoms with Crippen LogP contribution in [0.5, 0.6) is 0 Å². The van der Waals surface area contributed by atoms with E-state index >= 15 is 0 Å². The Morgan fingerprint density at radius 3 is 2.03 bits per heavy atom. The molecule has 2 atom stereocenters. The zero-order chi connectivity index (χ0) is 28.3. The van der Waals surface area contributed by atoms with Crippen LogP contribution in [0.1, 0.15) is 96.3 Å². The van der Waals surface area contributed by atoms with Gasteiger partial charge in [0.05, 0.1) is 5.69 Å². The lowest BCUT2D eigenvalue weighted by Crippen LogP contribution is -2.23. The van der Waals surface area contributed by atoms with E-state index in [9.17, 15) is 0 Å². The summed E-state index contributed by atoms with van der Waals surface area (Å²) in [6.45, 7) is 22.9. The van der Waals surface area contributed by atoms with Crippen molar-refractivity contribution in [3.8, 4) is 28.2 Å². The molecule has 5 rings (SSSR count). The van der Waals surface area contributed by atoms with Crippen LogP contribution in [0.25, 0.3) is 28.2 Å². The number of hydrogen-bond acceptors (Lipinski definition) is 2. The predicted molar refractivity (Wildman–Crippen MR) is 165 cm³/mol. The molecule has 3 aromatic carbocycles. The van der Waals surface area contributed by atoms with Gasteiger partial charge in [-0.05, 0) is 82.9 Å². The highest BCUT2D eigenvalue weighted by molar-refractivity contribution is 5.75. The average Bonchev–Trinajstić information content (AvgIpc) is 3.29. The molecule has 4 aromatic rings. The largest absolute Gasteiger partial charge is 0.278 e. The Balaban J connectivity index is 1.83. The van der Waals surface area contributed by atoms with E-state index in [2.05, 4.69) is 134 Å². The van der Waals surface area contributed by atoms with E-state index in [4.69, 9.17) is 10.2 Å². The van der Waals surface area contributed by atoms with Gasteiger partial charge in [-0.1, -0.05) is 110 Å². The van der Waals surface area contributed by atoms with Crippen LogP contribution in [0.15, 0.2) is 60.7 Å². The van der Waals surface area contributed by atoms with Crippen LogP contribution in [0.3, 0.4) is 0 Å². The molecular formula is C36H45N3. The van der Waals surface area contributed by atoms with E-state index in [-0.39, 0.29) is 16.2 Å². The second-order valence-corrected chi connectivity index (χ2v) is 13.8. The van der Waals surface area contributed by atoms with Gasteiger partial charge in [-0.3, -0.25) is 4.57 Å². The Morgan fingerprint density at radius 1 is 0.872 bits per heavy atom. The van der Waals surface area contributed by atoms with Gasteiger partial charge in [-0.2, -0.15) is 0 Å². The van der Waals surface area contributed by atoms with Gasteiger partial charge in [0.15, 0.2) is 5.82 Å². The molecule has 0 amide bonds. The highest BCUT2D eigenvalue weighted by Gasteiger charge is 2.49. The summed E-state index contributed by atoms with van der Waals surface area (Å²) in [6, 6.07) is 22.4. The molecule has 39 heavy (non-hydrogen) atoms. The summed E-state index contributed by atoms with van der Waals surface area (Å²) in [5, 5.41) is 9.95. The Labute approximate surface area is 235 Å². The maximum absolute atomic E-state index is 5.01. The number of aryl methyl sites for hydroxylation is 2. The molecule has 1 fully saturated rings. The van der Waals surface area contributed by atoms with E-state index in [0.717, 1.165) is 18.1 Å². The highest BCUT2D eigenvalue weighted by atomic mass is 15.3. The van der Waals surface area contributed by atoms with Crippen LogP contribution in [-0.4, -0.2) is 14.8 Å². The summed E-state index contributed by atoms with van der Waals surface area (Å²) in [6.07, 6.45) is 2.18. The third-order valence-electron chi connectivity index (χ3n) is 9.37. The van der Waals surface area contributed by atoms with Gasteiger partial charge < -0.3 is 0 Å². The Morgan fingerprint density at radius 2 is 1.49 bits per heavy atom. The van der Waals surface area contributed by atoms with Crippen molar-refractivity contribution in [2.45, 2.75) is 98.3 Å². The molecule has 0 aliphatic heterocycles. The maximum atomic E-state index is 5.01. The van der Waals surface area contributed by atoms with Gasteiger partial charge in [-0.15, -0.1) is 10.2 Å². The molecule has 1 aliphatic carbocycles. The van der Waals surface area contributed by atoms with E-state index in [0.29, 0.717) is 5.92 Å². The van der Waals surface area contributed by atoms with Crippen molar-refractivity contribution < 1.29 is 0 Å². The lowest BCUT2D eigenvalue weighted by atomic mass is 9.84. The number of rotatable bonds is 6. The highest BCUT2D eigenvalue weighted by Crippen LogP contribution is 2.56. The fourth-order valence-electron chi connectivity index (χ4n) is 6.00. The molecule has 2 unspecified atom stereocenters. The van der Waals surface area contributed by atoms with Gasteiger partial charge in [0.2, 0.25) is 0 Å². The SMILES string of the molecule is CCC(C)(C)c1nnc(-c2cc(-c3ccccc3)ccc2C2(C)CC2C)n1-c1c(C)cc(C(C)(C)C)cc1C. The van der Waals surface area contributed by atoms with Gasteiger partial charge >= 0.3 is 0 Å². The third-order valence-corrected chi connectivity index (χ3v) is 9.37. The summed E-state index contributed by atoms with van der Waals surface area (Å²) >= 11 is 0. The molecule has 0 bridgehead atoms. The standard InChI is InChI=1S/C36H45N3/c1-11-35(8,9)33-38-37-32(39(33)31-23(2)19-28(20-24(31)3)34(5,6)7)29-21-27(26-15-13-12-14-16-26)17-18-30(29)36(10)22-25(36)4/h12-21,25H,11,22H2,1-10H3. The number of hydrogen-bond donors (Lipinski definition) is 0. The summed E-state index contributed by atoms with van der Waals surface area (Å²) in [4.78, 5) is 0. The topological polar surface area (TPSA) is 30.7 Å². The lowest BCUT2D eigenvalue weighted by Gasteiger charge is -2.27. The monoisotopic (exact) mass is 519 g/mol. The van der Waals surface area contributed by atoms with Crippen molar-refractivity contribution in [2.24, 2.45) is 5.92 Å². The molecule has 1 heterocycles. The summed E-state index contributed by atoms with van der Waals surface area (Å²) in [5.74, 6) is 2.63. The Hall–Kier alpha value is -3.20. The third kappa shape index (κ3) is 4.75. The van der Waals surface area contributed by atoms with E-state index in [1.54, 1.807) is 0 Å². The molecule has 0 radical (unpaired) electrons. The summed E-state index contributed by atoms with van der Waals surface area (Å²) in [7, 11) is 0. The molecule has 1 saturated carbocycles. The first-order chi connectivity index (χ1) is 18.3. The lowest BCUT2D eigenvalue weighted by molar-refractivity contribution is 0.464. The quantitative estimate of drug-likeness (QED) is 0.254. The van der Waals surface area contributed by atoms with E-state index in [1.165, 1.54) is 51.1 Å². The molecule has 1 aromatic heterocycles. The van der Waals surface area contributed by atoms with E-state index in [1.807, 2.05) is 0 Å². The fourth-order valence-corrected chi connectivity index (χ4v) is 6.00. The second kappa shape index (κ2) is 9.47. The molecule has 3 nitrogen and oxygen atoms in total. The Bertz CT molecular complexity index is 1490. The van der Waals surface area contributed by atoms with Crippen molar-refractivity contribution in [1.82, 2.24) is 14.8 Å². The first kappa shape index (κ1) is 27.4. The van der Waals surface area contributed by atoms with Crippen LogP contribution in [0, 0.1) is 19.8 Å².